The summed E-state index contributed by atoms with van der Waals surface area (Å²) < 4.78 is 0. The monoisotopic (exact) mass is 403 g/mol. The number of nitrogens with zero attached hydrogens (tertiary/aromatic N) is 1. The Balaban J connectivity index is 1.97. The largest absolute Gasteiger partial charge is 0.361 e. The Labute approximate surface area is 170 Å². The number of hydrogen-bond acceptors (Lipinski definition) is 4. The summed E-state index contributed by atoms with van der Waals surface area (Å²) in [5.74, 6) is -0.267. The third-order valence-electron chi connectivity index (χ3n) is 3.98. The molecule has 0 aromatic heterocycles. The Morgan fingerprint density at radius 3 is 2.48 bits per heavy atom. The van der Waals surface area contributed by atoms with E-state index in [1.165, 1.54) is 10.5 Å². The van der Waals surface area contributed by atoms with Gasteiger partial charge in [0.2, 0.25) is 0 Å². The zero-order valence-corrected chi connectivity index (χ0v) is 17.5. The van der Waals surface area contributed by atoms with Gasteiger partial charge in [-0.1, -0.05) is 51.1 Å². The highest BCUT2D eigenvalue weighted by atomic mass is 32.2. The van der Waals surface area contributed by atoms with E-state index in [2.05, 4.69) is 50.1 Å². The highest BCUT2D eigenvalue weighted by molar-refractivity contribution is 8.18. The minimum Gasteiger partial charge on any atom is -0.361 e. The van der Waals surface area contributed by atoms with Crippen molar-refractivity contribution in [1.29, 1.82) is 0 Å². The Kier molecular flexibility index (Phi) is 7.21. The number of carbonyl (C=O) groups excluding carboxylic acids is 2. The van der Waals surface area contributed by atoms with Gasteiger partial charge in [0.1, 0.15) is 0 Å². The molecule has 0 aliphatic carbocycles. The number of amides is 2. The normalized spacial score (nSPS) is 16.0. The Morgan fingerprint density at radius 1 is 1.22 bits per heavy atom. The summed E-state index contributed by atoms with van der Waals surface area (Å²) in [6.45, 7) is 11.3. The fourth-order valence-electron chi connectivity index (χ4n) is 2.43. The lowest BCUT2D eigenvalue weighted by atomic mass is 9.87. The first-order valence-electron chi connectivity index (χ1n) is 8.71. The topological polar surface area (TPSA) is 61.4 Å². The predicted octanol–water partition coefficient (Wildman–Crippen LogP) is 3.67. The van der Waals surface area contributed by atoms with Crippen LogP contribution in [0.3, 0.4) is 0 Å². The van der Waals surface area contributed by atoms with Crippen molar-refractivity contribution < 1.29 is 9.59 Å². The zero-order valence-electron chi connectivity index (χ0n) is 15.9. The van der Waals surface area contributed by atoms with Crippen LogP contribution in [-0.4, -0.2) is 40.8 Å². The second-order valence-corrected chi connectivity index (χ2v) is 8.53. The number of carbonyl (C=O) groups is 2. The lowest BCUT2D eigenvalue weighted by Crippen LogP contribution is -2.41. The maximum atomic E-state index is 12.5. The van der Waals surface area contributed by atoms with Crippen LogP contribution >= 0.6 is 24.0 Å². The van der Waals surface area contributed by atoms with E-state index in [0.717, 1.165) is 17.3 Å². The molecule has 1 fully saturated rings. The van der Waals surface area contributed by atoms with Crippen molar-refractivity contribution in [2.24, 2.45) is 0 Å². The van der Waals surface area contributed by atoms with Crippen LogP contribution in [0, 0.1) is 0 Å². The van der Waals surface area contributed by atoms with E-state index in [9.17, 15) is 9.59 Å². The first-order valence-corrected chi connectivity index (χ1v) is 9.93. The van der Waals surface area contributed by atoms with Crippen molar-refractivity contribution in [3.8, 4) is 0 Å². The lowest BCUT2D eigenvalue weighted by molar-refractivity contribution is -0.122. The van der Waals surface area contributed by atoms with Gasteiger partial charge in [0.25, 0.3) is 11.1 Å². The molecule has 1 aliphatic heterocycles. The molecule has 2 rings (SSSR count). The van der Waals surface area contributed by atoms with Crippen LogP contribution in [0.4, 0.5) is 4.79 Å². The number of imide groups is 1. The van der Waals surface area contributed by atoms with Crippen LogP contribution in [0.2, 0.25) is 0 Å². The molecule has 0 radical (unpaired) electrons. The zero-order chi connectivity index (χ0) is 20.0. The standard InChI is InChI=1S/C20H25N3O2S2/c1-5-10-21-18(26)22-11-12-23-17(24)16(27-19(23)25)13-14-6-8-15(9-7-14)20(2,3)4/h5-9,13H,1,10-12H2,2-4H3,(H2,21,22,26)/b16-13-. The van der Waals surface area contributed by atoms with Gasteiger partial charge in [-0.2, -0.15) is 0 Å². The van der Waals surface area contributed by atoms with E-state index in [4.69, 9.17) is 12.2 Å². The average Bonchev–Trinajstić information content (AvgIpc) is 2.87. The molecule has 1 heterocycles. The van der Waals surface area contributed by atoms with Crippen LogP contribution in [0.15, 0.2) is 41.8 Å². The smallest absolute Gasteiger partial charge is 0.293 e. The Morgan fingerprint density at radius 2 is 1.89 bits per heavy atom. The van der Waals surface area contributed by atoms with Crippen LogP contribution in [0.5, 0.6) is 0 Å². The Bertz CT molecular complexity index is 764. The number of nitrogens with one attached hydrogen (secondary N) is 2. The summed E-state index contributed by atoms with van der Waals surface area (Å²) in [5.41, 5.74) is 2.20. The third kappa shape index (κ3) is 5.94. The molecule has 0 unspecified atom stereocenters. The van der Waals surface area contributed by atoms with Gasteiger partial charge in [-0.25, -0.2) is 0 Å². The molecule has 1 aliphatic rings. The third-order valence-corrected chi connectivity index (χ3v) is 5.17. The molecule has 27 heavy (non-hydrogen) atoms. The van der Waals surface area contributed by atoms with Gasteiger partial charge in [0.15, 0.2) is 5.11 Å². The SMILES string of the molecule is C=CCNC(=S)NCCN1C(=O)S/C(=C\c2ccc(C(C)(C)C)cc2)C1=O. The molecule has 0 bridgehead atoms. The number of rotatable bonds is 6. The van der Waals surface area contributed by atoms with E-state index in [-0.39, 0.29) is 23.1 Å². The molecular weight excluding hydrogens is 378 g/mol. The van der Waals surface area contributed by atoms with Gasteiger partial charge in [-0.15, -0.1) is 6.58 Å². The second-order valence-electron chi connectivity index (χ2n) is 7.13. The van der Waals surface area contributed by atoms with Crippen molar-refractivity contribution >= 4 is 46.3 Å². The van der Waals surface area contributed by atoms with Crippen LogP contribution in [0.25, 0.3) is 6.08 Å². The Hall–Kier alpha value is -2.12. The molecule has 0 atom stereocenters. The molecular formula is C20H25N3O2S2. The number of hydrogen-bond donors (Lipinski definition) is 2. The molecule has 2 N–H and O–H groups in total. The maximum Gasteiger partial charge on any atom is 0.293 e. The fourth-order valence-corrected chi connectivity index (χ4v) is 3.48. The first-order chi connectivity index (χ1) is 12.7. The summed E-state index contributed by atoms with van der Waals surface area (Å²) in [6.07, 6.45) is 3.46. The van der Waals surface area contributed by atoms with Crippen molar-refractivity contribution in [3.05, 3.63) is 53.0 Å². The van der Waals surface area contributed by atoms with Crippen molar-refractivity contribution in [2.75, 3.05) is 19.6 Å². The maximum absolute atomic E-state index is 12.5. The summed E-state index contributed by atoms with van der Waals surface area (Å²) in [7, 11) is 0. The molecule has 0 spiro atoms. The quantitative estimate of drug-likeness (QED) is 0.429. The minimum absolute atomic E-state index is 0.0739. The number of thioether (sulfide) groups is 1. The molecule has 5 nitrogen and oxygen atoms in total. The van der Waals surface area contributed by atoms with Crippen molar-refractivity contribution in [1.82, 2.24) is 15.5 Å². The van der Waals surface area contributed by atoms with Crippen molar-refractivity contribution in [3.63, 3.8) is 0 Å². The van der Waals surface area contributed by atoms with Crippen LogP contribution < -0.4 is 10.6 Å². The molecule has 1 aromatic rings. The molecule has 0 saturated carbocycles. The van der Waals surface area contributed by atoms with Gasteiger partial charge < -0.3 is 10.6 Å². The van der Waals surface area contributed by atoms with Gasteiger partial charge in [0.05, 0.1) is 4.91 Å². The molecule has 144 valence electrons. The molecule has 1 saturated heterocycles. The number of benzene rings is 1. The summed E-state index contributed by atoms with van der Waals surface area (Å²) >= 11 is 6.06. The van der Waals surface area contributed by atoms with E-state index in [0.29, 0.717) is 23.1 Å². The van der Waals surface area contributed by atoms with Crippen LogP contribution in [-0.2, 0) is 10.2 Å². The van der Waals surface area contributed by atoms with E-state index >= 15 is 0 Å². The lowest BCUT2D eigenvalue weighted by Gasteiger charge is -2.18. The predicted molar refractivity (Wildman–Crippen MR) is 117 cm³/mol. The first kappa shape index (κ1) is 21.2. The van der Waals surface area contributed by atoms with Gasteiger partial charge in [0, 0.05) is 19.6 Å². The van der Waals surface area contributed by atoms with E-state index in [1.807, 2.05) is 12.1 Å². The fraction of sp³-hybridized carbons (Fsp3) is 0.350. The summed E-state index contributed by atoms with van der Waals surface area (Å²) in [5, 5.41) is 6.11. The molecule has 7 heteroatoms. The second kappa shape index (κ2) is 9.19. The van der Waals surface area contributed by atoms with Gasteiger partial charge in [-0.3, -0.25) is 14.5 Å². The van der Waals surface area contributed by atoms with Gasteiger partial charge >= 0.3 is 0 Å². The summed E-state index contributed by atoms with van der Waals surface area (Å²) in [4.78, 5) is 26.4. The minimum atomic E-state index is -0.267. The van der Waals surface area contributed by atoms with Gasteiger partial charge in [-0.05, 0) is 46.6 Å². The van der Waals surface area contributed by atoms with Crippen molar-refractivity contribution in [2.45, 2.75) is 26.2 Å². The number of thiocarbonyl (C=S) groups is 1. The highest BCUT2D eigenvalue weighted by Crippen LogP contribution is 2.32. The van der Waals surface area contributed by atoms with E-state index in [1.54, 1.807) is 12.2 Å². The molecule has 2 amide bonds. The average molecular weight is 404 g/mol. The van der Waals surface area contributed by atoms with E-state index < -0.39 is 0 Å². The highest BCUT2D eigenvalue weighted by Gasteiger charge is 2.34. The summed E-state index contributed by atoms with van der Waals surface area (Å²) in [6, 6.07) is 8.05. The van der Waals surface area contributed by atoms with Crippen LogP contribution in [0.1, 0.15) is 31.9 Å². The molecule has 1 aromatic carbocycles.